The second-order valence-corrected chi connectivity index (χ2v) is 7.71. The molecule has 0 amide bonds. The minimum absolute atomic E-state index is 0.188. The number of rotatable bonds is 6. The summed E-state index contributed by atoms with van der Waals surface area (Å²) in [7, 11) is -0.894. The number of sulfone groups is 1. The van der Waals surface area contributed by atoms with E-state index in [-0.39, 0.29) is 11.2 Å². The average Bonchev–Trinajstić information content (AvgIpc) is 2.27. The van der Waals surface area contributed by atoms with Gasteiger partial charge < -0.3 is 9.64 Å². The van der Waals surface area contributed by atoms with Crippen molar-refractivity contribution >= 4 is 22.5 Å². The molecular weight excluding hydrogens is 258 g/mol. The molecular formula is C11H23NO3S2. The highest BCUT2D eigenvalue weighted by molar-refractivity contribution is 7.90. The van der Waals surface area contributed by atoms with Crippen molar-refractivity contribution in [1.82, 2.24) is 4.90 Å². The molecule has 1 heterocycles. The van der Waals surface area contributed by atoms with Gasteiger partial charge in [0.05, 0.1) is 5.75 Å². The Kier molecular flexibility index (Phi) is 5.76. The summed E-state index contributed by atoms with van der Waals surface area (Å²) < 4.78 is 27.6. The zero-order valence-electron chi connectivity index (χ0n) is 10.7. The summed E-state index contributed by atoms with van der Waals surface area (Å²) in [4.78, 5) is 2.10. The molecule has 0 spiro atoms. The summed E-state index contributed by atoms with van der Waals surface area (Å²) in [5, 5.41) is 0. The first kappa shape index (κ1) is 15.3. The van der Waals surface area contributed by atoms with Crippen molar-refractivity contribution in [2.75, 3.05) is 51.1 Å². The molecule has 0 radical (unpaired) electrons. The zero-order chi connectivity index (χ0) is 12.9. The maximum absolute atomic E-state index is 11.1. The second-order valence-electron chi connectivity index (χ2n) is 5.14. The SMILES string of the molecule is CN(CCS(C)(=O)=O)CC1(CS)CCOCC1. The average molecular weight is 281 g/mol. The van der Waals surface area contributed by atoms with E-state index in [1.54, 1.807) is 0 Å². The molecule has 0 N–H and O–H groups in total. The summed E-state index contributed by atoms with van der Waals surface area (Å²) in [5.41, 5.74) is 0.188. The van der Waals surface area contributed by atoms with E-state index >= 15 is 0 Å². The van der Waals surface area contributed by atoms with Gasteiger partial charge in [-0.1, -0.05) is 0 Å². The van der Waals surface area contributed by atoms with Gasteiger partial charge in [0.1, 0.15) is 9.84 Å². The molecule has 0 aromatic rings. The molecule has 6 heteroatoms. The van der Waals surface area contributed by atoms with Crippen LogP contribution in [0.15, 0.2) is 0 Å². The van der Waals surface area contributed by atoms with Crippen molar-refractivity contribution < 1.29 is 13.2 Å². The quantitative estimate of drug-likeness (QED) is 0.728. The van der Waals surface area contributed by atoms with Gasteiger partial charge in [-0.2, -0.15) is 12.6 Å². The standard InChI is InChI=1S/C11H23NO3S2/c1-12(5-8-17(2,13)14)9-11(10-16)3-6-15-7-4-11/h16H,3-10H2,1-2H3. The molecule has 1 aliphatic rings. The summed E-state index contributed by atoms with van der Waals surface area (Å²) in [5.74, 6) is 1.06. The number of thiol groups is 1. The Morgan fingerprint density at radius 2 is 1.94 bits per heavy atom. The first-order chi connectivity index (χ1) is 7.87. The molecule has 1 saturated heterocycles. The predicted octanol–water partition coefficient (Wildman–Crippen LogP) is 0.689. The van der Waals surface area contributed by atoms with E-state index in [0.29, 0.717) is 6.54 Å². The summed E-state index contributed by atoms with van der Waals surface area (Å²) in [6.07, 6.45) is 3.31. The Hall–Kier alpha value is 0.220. The summed E-state index contributed by atoms with van der Waals surface area (Å²) >= 11 is 4.45. The van der Waals surface area contributed by atoms with Crippen LogP contribution in [0.25, 0.3) is 0 Å². The van der Waals surface area contributed by atoms with E-state index in [9.17, 15) is 8.42 Å². The monoisotopic (exact) mass is 281 g/mol. The maximum atomic E-state index is 11.1. The fraction of sp³-hybridized carbons (Fsp3) is 1.00. The molecule has 0 aliphatic carbocycles. The van der Waals surface area contributed by atoms with Gasteiger partial charge in [-0.25, -0.2) is 8.42 Å². The molecule has 1 fully saturated rings. The largest absolute Gasteiger partial charge is 0.381 e. The van der Waals surface area contributed by atoms with Crippen LogP contribution in [0.3, 0.4) is 0 Å². The first-order valence-corrected chi connectivity index (χ1v) is 8.61. The molecule has 0 aromatic heterocycles. The van der Waals surface area contributed by atoms with Crippen LogP contribution in [0.5, 0.6) is 0 Å². The van der Waals surface area contributed by atoms with Gasteiger partial charge in [0, 0.05) is 32.6 Å². The van der Waals surface area contributed by atoms with Crippen LogP contribution in [0.2, 0.25) is 0 Å². The zero-order valence-corrected chi connectivity index (χ0v) is 12.4. The summed E-state index contributed by atoms with van der Waals surface area (Å²) in [6, 6.07) is 0. The van der Waals surface area contributed by atoms with Crippen molar-refractivity contribution in [1.29, 1.82) is 0 Å². The van der Waals surface area contributed by atoms with Crippen LogP contribution in [0.1, 0.15) is 12.8 Å². The molecule has 0 aromatic carbocycles. The van der Waals surface area contributed by atoms with E-state index < -0.39 is 9.84 Å². The minimum atomic E-state index is -2.87. The lowest BCUT2D eigenvalue weighted by atomic mass is 9.81. The Morgan fingerprint density at radius 1 is 1.35 bits per heavy atom. The highest BCUT2D eigenvalue weighted by Gasteiger charge is 2.32. The van der Waals surface area contributed by atoms with Crippen molar-refractivity contribution in [3.05, 3.63) is 0 Å². The number of hydrogen-bond acceptors (Lipinski definition) is 5. The van der Waals surface area contributed by atoms with E-state index in [2.05, 4.69) is 17.5 Å². The van der Waals surface area contributed by atoms with Crippen LogP contribution in [-0.4, -0.2) is 64.4 Å². The van der Waals surface area contributed by atoms with Gasteiger partial charge in [-0.05, 0) is 31.1 Å². The summed E-state index contributed by atoms with van der Waals surface area (Å²) in [6.45, 7) is 3.07. The third kappa shape index (κ3) is 5.59. The molecule has 4 nitrogen and oxygen atoms in total. The van der Waals surface area contributed by atoms with Crippen LogP contribution < -0.4 is 0 Å². The molecule has 1 aliphatic heterocycles. The molecule has 17 heavy (non-hydrogen) atoms. The van der Waals surface area contributed by atoms with E-state index in [1.807, 2.05) is 7.05 Å². The number of nitrogens with zero attached hydrogens (tertiary/aromatic N) is 1. The fourth-order valence-electron chi connectivity index (χ4n) is 2.14. The molecule has 0 unspecified atom stereocenters. The Balaban J connectivity index is 2.44. The Bertz CT molecular complexity index is 324. The molecule has 102 valence electrons. The fourth-order valence-corrected chi connectivity index (χ4v) is 3.20. The third-order valence-electron chi connectivity index (χ3n) is 3.34. The molecule has 0 saturated carbocycles. The number of ether oxygens (including phenoxy) is 1. The normalized spacial score (nSPS) is 20.7. The predicted molar refractivity (Wildman–Crippen MR) is 73.5 cm³/mol. The van der Waals surface area contributed by atoms with Crippen LogP contribution in [0, 0.1) is 5.41 Å². The lowest BCUT2D eigenvalue weighted by molar-refractivity contribution is 0.0123. The Morgan fingerprint density at radius 3 is 2.41 bits per heavy atom. The first-order valence-electron chi connectivity index (χ1n) is 5.92. The van der Waals surface area contributed by atoms with E-state index in [0.717, 1.165) is 38.4 Å². The molecule has 0 bridgehead atoms. The maximum Gasteiger partial charge on any atom is 0.148 e. The van der Waals surface area contributed by atoms with Gasteiger partial charge in [0.25, 0.3) is 0 Å². The van der Waals surface area contributed by atoms with Gasteiger partial charge in [-0.3, -0.25) is 0 Å². The highest BCUT2D eigenvalue weighted by Crippen LogP contribution is 2.32. The smallest absolute Gasteiger partial charge is 0.148 e. The highest BCUT2D eigenvalue weighted by atomic mass is 32.2. The topological polar surface area (TPSA) is 46.6 Å². The molecule has 0 atom stereocenters. The van der Waals surface area contributed by atoms with Crippen LogP contribution >= 0.6 is 12.6 Å². The Labute approximate surface area is 110 Å². The van der Waals surface area contributed by atoms with Crippen LogP contribution in [-0.2, 0) is 14.6 Å². The van der Waals surface area contributed by atoms with Crippen molar-refractivity contribution in [2.24, 2.45) is 5.41 Å². The lowest BCUT2D eigenvalue weighted by Gasteiger charge is -2.39. The lowest BCUT2D eigenvalue weighted by Crippen LogP contribution is -2.42. The third-order valence-corrected chi connectivity index (χ3v) is 4.93. The minimum Gasteiger partial charge on any atom is -0.381 e. The molecule has 1 rings (SSSR count). The van der Waals surface area contributed by atoms with Gasteiger partial charge >= 0.3 is 0 Å². The van der Waals surface area contributed by atoms with Crippen molar-refractivity contribution in [3.8, 4) is 0 Å². The van der Waals surface area contributed by atoms with Crippen molar-refractivity contribution in [2.45, 2.75) is 12.8 Å². The van der Waals surface area contributed by atoms with Crippen molar-refractivity contribution in [3.63, 3.8) is 0 Å². The van der Waals surface area contributed by atoms with Crippen LogP contribution in [0.4, 0.5) is 0 Å². The number of hydrogen-bond donors (Lipinski definition) is 1. The van der Waals surface area contributed by atoms with Gasteiger partial charge in [0.2, 0.25) is 0 Å². The second kappa shape index (κ2) is 6.41. The van der Waals surface area contributed by atoms with E-state index in [1.165, 1.54) is 6.26 Å². The van der Waals surface area contributed by atoms with E-state index in [4.69, 9.17) is 4.74 Å². The van der Waals surface area contributed by atoms with Gasteiger partial charge in [-0.15, -0.1) is 0 Å². The van der Waals surface area contributed by atoms with Gasteiger partial charge in [0.15, 0.2) is 0 Å².